The zero-order valence-electron chi connectivity index (χ0n) is 32.7. The van der Waals surface area contributed by atoms with Gasteiger partial charge in [-0.3, -0.25) is 9.69 Å². The molecule has 8 aromatic rings. The molecule has 1 aromatic heterocycles. The molecule has 0 aliphatic carbocycles. The van der Waals surface area contributed by atoms with Crippen molar-refractivity contribution in [3.05, 3.63) is 173 Å². The van der Waals surface area contributed by atoms with E-state index in [9.17, 15) is 5.11 Å². The highest BCUT2D eigenvalue weighted by Crippen LogP contribution is 2.55. The van der Waals surface area contributed by atoms with Gasteiger partial charge in [-0.15, -0.1) is 0 Å². The van der Waals surface area contributed by atoms with Crippen LogP contribution in [0.3, 0.4) is 0 Å². The SMILES string of the molecule is CC(C)c1cccc(C(C)C)c1N1C(=O)c2ccc(N3c4ccccc4C(C)(C)c4ccccc43)c3c(-n4c5ccccc5c5ccccc54)ccc(c23)C1O. The number of para-hydroxylation sites is 5. The molecule has 0 saturated carbocycles. The number of benzene rings is 7. The maximum Gasteiger partial charge on any atom is 0.261 e. The molecule has 5 heteroatoms. The minimum Gasteiger partial charge on any atom is -0.369 e. The molecule has 276 valence electrons. The molecule has 2 aliphatic rings. The second-order valence-electron chi connectivity index (χ2n) is 16.6. The normalized spacial score (nSPS) is 16.0. The first kappa shape index (κ1) is 34.3. The molecule has 0 saturated heterocycles. The number of amides is 1. The third-order valence-electron chi connectivity index (χ3n) is 12.4. The Balaban J connectivity index is 1.34. The van der Waals surface area contributed by atoms with Crippen molar-refractivity contribution in [2.45, 2.75) is 65.0 Å². The van der Waals surface area contributed by atoms with E-state index in [1.165, 1.54) is 11.1 Å². The molecular formula is C51H45N3O2. The van der Waals surface area contributed by atoms with Crippen molar-refractivity contribution in [2.75, 3.05) is 9.80 Å². The largest absolute Gasteiger partial charge is 0.369 e. The number of anilines is 4. The fourth-order valence-corrected chi connectivity index (χ4v) is 9.76. The van der Waals surface area contributed by atoms with Crippen LogP contribution in [-0.2, 0) is 5.41 Å². The summed E-state index contributed by atoms with van der Waals surface area (Å²) in [5.74, 6) is 0.0961. The number of nitrogens with zero attached hydrogens (tertiary/aromatic N) is 3. The quantitative estimate of drug-likeness (QED) is 0.192. The Labute approximate surface area is 328 Å². The average molecular weight is 732 g/mol. The molecule has 0 fully saturated rings. The third kappa shape index (κ3) is 4.67. The number of hydrogen-bond acceptors (Lipinski definition) is 3. The number of aliphatic hydroxyl groups is 1. The summed E-state index contributed by atoms with van der Waals surface area (Å²) >= 11 is 0. The number of carbonyl (C=O) groups excluding carboxylic acids is 1. The summed E-state index contributed by atoms with van der Waals surface area (Å²) < 4.78 is 2.34. The molecule has 1 atom stereocenters. The van der Waals surface area contributed by atoms with Crippen LogP contribution in [0, 0.1) is 0 Å². The number of rotatable bonds is 5. The molecule has 1 unspecified atom stereocenters. The van der Waals surface area contributed by atoms with Gasteiger partial charge in [-0.25, -0.2) is 0 Å². The molecule has 2 aliphatic heterocycles. The summed E-state index contributed by atoms with van der Waals surface area (Å²) in [6, 6.07) is 49.0. The van der Waals surface area contributed by atoms with Crippen molar-refractivity contribution in [2.24, 2.45) is 0 Å². The van der Waals surface area contributed by atoms with Gasteiger partial charge in [-0.05, 0) is 76.6 Å². The number of carbonyl (C=O) groups is 1. The second-order valence-corrected chi connectivity index (χ2v) is 16.6. The molecule has 1 N–H and O–H groups in total. The van der Waals surface area contributed by atoms with Crippen molar-refractivity contribution in [3.8, 4) is 5.69 Å². The molecule has 1 amide bonds. The maximum absolute atomic E-state index is 15.3. The first-order valence-corrected chi connectivity index (χ1v) is 19.8. The lowest BCUT2D eigenvalue weighted by Gasteiger charge is -2.43. The van der Waals surface area contributed by atoms with Crippen LogP contribution in [0.5, 0.6) is 0 Å². The number of hydrogen-bond donors (Lipinski definition) is 1. The van der Waals surface area contributed by atoms with Crippen molar-refractivity contribution < 1.29 is 9.90 Å². The molecule has 5 nitrogen and oxygen atoms in total. The van der Waals surface area contributed by atoms with Crippen molar-refractivity contribution in [1.29, 1.82) is 0 Å². The smallest absolute Gasteiger partial charge is 0.261 e. The van der Waals surface area contributed by atoms with E-state index in [1.807, 2.05) is 12.1 Å². The van der Waals surface area contributed by atoms with E-state index < -0.39 is 6.23 Å². The molecule has 0 spiro atoms. The van der Waals surface area contributed by atoms with Crippen LogP contribution in [0.1, 0.15) is 97.8 Å². The lowest BCUT2D eigenvalue weighted by Crippen LogP contribution is -2.40. The van der Waals surface area contributed by atoms with Crippen LogP contribution < -0.4 is 9.80 Å². The first-order valence-electron chi connectivity index (χ1n) is 19.8. The zero-order chi connectivity index (χ0) is 38.6. The lowest BCUT2D eigenvalue weighted by molar-refractivity contribution is 0.0878. The predicted molar refractivity (Wildman–Crippen MR) is 231 cm³/mol. The van der Waals surface area contributed by atoms with E-state index >= 15 is 4.79 Å². The minimum absolute atomic E-state index is 0.147. The van der Waals surface area contributed by atoms with Crippen LogP contribution >= 0.6 is 0 Å². The Kier molecular flexibility index (Phi) is 7.62. The number of aromatic nitrogens is 1. The van der Waals surface area contributed by atoms with Crippen molar-refractivity contribution in [3.63, 3.8) is 0 Å². The van der Waals surface area contributed by atoms with Crippen LogP contribution in [0.15, 0.2) is 140 Å². The topological polar surface area (TPSA) is 48.7 Å². The monoisotopic (exact) mass is 731 g/mol. The predicted octanol–water partition coefficient (Wildman–Crippen LogP) is 12.9. The molecule has 0 radical (unpaired) electrons. The Morgan fingerprint density at radius 1 is 0.554 bits per heavy atom. The highest BCUT2D eigenvalue weighted by molar-refractivity contribution is 6.23. The average Bonchev–Trinajstić information content (AvgIpc) is 3.54. The summed E-state index contributed by atoms with van der Waals surface area (Å²) in [5, 5.41) is 16.7. The van der Waals surface area contributed by atoms with E-state index in [4.69, 9.17) is 0 Å². The third-order valence-corrected chi connectivity index (χ3v) is 12.4. The fraction of sp³-hybridized carbons (Fsp3) is 0.196. The molecule has 3 heterocycles. The van der Waals surface area contributed by atoms with Crippen molar-refractivity contribution in [1.82, 2.24) is 4.57 Å². The van der Waals surface area contributed by atoms with Gasteiger partial charge in [0.05, 0.1) is 39.5 Å². The van der Waals surface area contributed by atoms with E-state index in [2.05, 4.69) is 178 Å². The van der Waals surface area contributed by atoms with Gasteiger partial charge in [-0.2, -0.15) is 0 Å². The summed E-state index contributed by atoms with van der Waals surface area (Å²) in [6.07, 6.45) is -1.20. The van der Waals surface area contributed by atoms with Crippen LogP contribution in [0.25, 0.3) is 38.3 Å². The lowest BCUT2D eigenvalue weighted by atomic mass is 9.73. The highest BCUT2D eigenvalue weighted by Gasteiger charge is 2.41. The molecule has 0 bridgehead atoms. The van der Waals surface area contributed by atoms with Gasteiger partial charge < -0.3 is 14.6 Å². The van der Waals surface area contributed by atoms with Crippen LogP contribution in [-0.4, -0.2) is 15.6 Å². The fourth-order valence-electron chi connectivity index (χ4n) is 9.76. The van der Waals surface area contributed by atoms with Crippen LogP contribution in [0.2, 0.25) is 0 Å². The molecular weight excluding hydrogens is 687 g/mol. The Morgan fingerprint density at radius 3 is 1.64 bits per heavy atom. The molecule has 56 heavy (non-hydrogen) atoms. The second kappa shape index (κ2) is 12.4. The van der Waals surface area contributed by atoms with Crippen molar-refractivity contribution >= 4 is 61.2 Å². The maximum atomic E-state index is 15.3. The van der Waals surface area contributed by atoms with E-state index in [-0.39, 0.29) is 23.2 Å². The summed E-state index contributed by atoms with van der Waals surface area (Å²) in [7, 11) is 0. The summed E-state index contributed by atoms with van der Waals surface area (Å²) in [4.78, 5) is 19.3. The molecule has 10 rings (SSSR count). The van der Waals surface area contributed by atoms with Gasteiger partial charge in [0.25, 0.3) is 5.91 Å². The Hall–Kier alpha value is -6.17. The van der Waals surface area contributed by atoms with E-state index in [0.29, 0.717) is 11.1 Å². The Bertz CT molecular complexity index is 2790. The highest BCUT2D eigenvalue weighted by atomic mass is 16.3. The van der Waals surface area contributed by atoms with E-state index in [1.54, 1.807) is 4.90 Å². The summed E-state index contributed by atoms with van der Waals surface area (Å²) in [5.41, 5.74) is 12.7. The summed E-state index contributed by atoms with van der Waals surface area (Å²) in [6.45, 7) is 13.2. The van der Waals surface area contributed by atoms with E-state index in [0.717, 1.165) is 72.1 Å². The minimum atomic E-state index is -1.20. The zero-order valence-corrected chi connectivity index (χ0v) is 32.7. The first-order chi connectivity index (χ1) is 27.1. The van der Waals surface area contributed by atoms with Gasteiger partial charge in [-0.1, -0.05) is 139 Å². The number of fused-ring (bicyclic) bond motifs is 5. The van der Waals surface area contributed by atoms with Gasteiger partial charge in [0.1, 0.15) is 0 Å². The Morgan fingerprint density at radius 2 is 1.07 bits per heavy atom. The van der Waals surface area contributed by atoms with Gasteiger partial charge >= 0.3 is 0 Å². The van der Waals surface area contributed by atoms with Gasteiger partial charge in [0, 0.05) is 38.1 Å². The molecule has 7 aromatic carbocycles. The standard InChI is InChI=1S/C51H45N3O2/c1-30(2)32-18-15-19-33(31(3)4)48(32)54-49(55)36-26-28-44(52-40-22-11-7-16-34(40)35-17-8-12-23-41(35)52)47-45(29-27-37(46(36)47)50(54)56)53-42-24-13-9-20-38(42)51(5,6)39-21-10-14-25-43(39)53/h7-31,49,55H,1-6H3. The van der Waals surface area contributed by atoms with Gasteiger partial charge in [0.2, 0.25) is 0 Å². The number of aliphatic hydroxyl groups excluding tert-OH is 1. The van der Waals surface area contributed by atoms with Gasteiger partial charge in [0.15, 0.2) is 6.23 Å². The van der Waals surface area contributed by atoms with Crippen LogP contribution in [0.4, 0.5) is 22.7 Å².